The summed E-state index contributed by atoms with van der Waals surface area (Å²) >= 11 is 0. The van der Waals surface area contributed by atoms with E-state index < -0.39 is 6.10 Å². The molecule has 1 fully saturated rings. The summed E-state index contributed by atoms with van der Waals surface area (Å²) in [5.41, 5.74) is 0.874. The molecule has 114 valence electrons. The molecule has 0 unspecified atom stereocenters. The highest BCUT2D eigenvalue weighted by Gasteiger charge is 2.30. The van der Waals surface area contributed by atoms with Gasteiger partial charge in [0.2, 0.25) is 11.8 Å². The van der Waals surface area contributed by atoms with Gasteiger partial charge in [-0.25, -0.2) is 0 Å². The number of rotatable bonds is 5. The number of likely N-dealkylation sites (tertiary alicyclic amines) is 1. The zero-order valence-corrected chi connectivity index (χ0v) is 12.3. The van der Waals surface area contributed by atoms with Crippen LogP contribution in [-0.2, 0) is 9.59 Å². The molecule has 1 aliphatic rings. The third kappa shape index (κ3) is 4.29. The van der Waals surface area contributed by atoms with Gasteiger partial charge >= 0.3 is 0 Å². The monoisotopic (exact) mass is 290 g/mol. The molecule has 2 rings (SSSR count). The van der Waals surface area contributed by atoms with Crippen molar-refractivity contribution in [1.82, 2.24) is 10.2 Å². The van der Waals surface area contributed by atoms with Crippen LogP contribution in [0.3, 0.4) is 0 Å². The minimum atomic E-state index is -0.564. The summed E-state index contributed by atoms with van der Waals surface area (Å²) in [4.78, 5) is 24.8. The first-order chi connectivity index (χ1) is 10.1. The average Bonchev–Trinajstić information content (AvgIpc) is 2.93. The second-order valence-corrected chi connectivity index (χ2v) is 5.46. The first-order valence-corrected chi connectivity index (χ1v) is 7.35. The van der Waals surface area contributed by atoms with Crippen molar-refractivity contribution in [3.05, 3.63) is 35.9 Å². The fraction of sp³-hybridized carbons (Fsp3) is 0.500. The highest BCUT2D eigenvalue weighted by atomic mass is 16.3. The van der Waals surface area contributed by atoms with Gasteiger partial charge in [0.1, 0.15) is 0 Å². The third-order valence-electron chi connectivity index (χ3n) is 3.87. The standard InChI is InChI=1S/C16H22N2O3/c1-12(19)17-11-16(21)18-9-5-8-14(18)10-15(20)13-6-3-2-4-7-13/h2-4,6-7,14-15,20H,5,8-11H2,1H3,(H,17,19)/t14-,15-/m1/s1. The Hall–Kier alpha value is -1.88. The van der Waals surface area contributed by atoms with E-state index in [1.165, 1.54) is 6.92 Å². The van der Waals surface area contributed by atoms with Gasteiger partial charge < -0.3 is 15.3 Å². The summed E-state index contributed by atoms with van der Waals surface area (Å²) in [6.07, 6.45) is 1.81. The fourth-order valence-corrected chi connectivity index (χ4v) is 2.78. The minimum absolute atomic E-state index is 0.0350. The van der Waals surface area contributed by atoms with Crippen LogP contribution in [0.4, 0.5) is 0 Å². The molecular formula is C16H22N2O3. The number of aliphatic hydroxyl groups excluding tert-OH is 1. The third-order valence-corrected chi connectivity index (χ3v) is 3.87. The van der Waals surface area contributed by atoms with Crippen LogP contribution in [0.15, 0.2) is 30.3 Å². The van der Waals surface area contributed by atoms with Gasteiger partial charge in [-0.2, -0.15) is 0 Å². The summed E-state index contributed by atoms with van der Waals surface area (Å²) in [6, 6.07) is 9.53. The summed E-state index contributed by atoms with van der Waals surface area (Å²) in [7, 11) is 0. The van der Waals surface area contributed by atoms with Crippen molar-refractivity contribution < 1.29 is 14.7 Å². The van der Waals surface area contributed by atoms with Gasteiger partial charge in [-0.05, 0) is 24.8 Å². The van der Waals surface area contributed by atoms with Crippen molar-refractivity contribution in [3.63, 3.8) is 0 Å². The summed E-state index contributed by atoms with van der Waals surface area (Å²) < 4.78 is 0. The van der Waals surface area contributed by atoms with Crippen molar-refractivity contribution in [1.29, 1.82) is 0 Å². The lowest BCUT2D eigenvalue weighted by Crippen LogP contribution is -2.42. The van der Waals surface area contributed by atoms with Gasteiger partial charge in [0, 0.05) is 19.5 Å². The molecule has 1 aromatic rings. The number of hydrogen-bond donors (Lipinski definition) is 2. The van der Waals surface area contributed by atoms with Gasteiger partial charge in [0.15, 0.2) is 0 Å². The second kappa shape index (κ2) is 7.22. The molecule has 0 aromatic heterocycles. The molecule has 0 radical (unpaired) electrons. The normalized spacial score (nSPS) is 19.3. The Labute approximate surface area is 125 Å². The molecule has 2 atom stereocenters. The molecule has 0 spiro atoms. The maximum Gasteiger partial charge on any atom is 0.242 e. The van der Waals surface area contributed by atoms with Crippen LogP contribution < -0.4 is 5.32 Å². The van der Waals surface area contributed by atoms with E-state index in [0.717, 1.165) is 18.4 Å². The van der Waals surface area contributed by atoms with Crippen LogP contribution in [0.1, 0.15) is 37.9 Å². The Morgan fingerprint density at radius 3 is 2.76 bits per heavy atom. The molecule has 1 aliphatic heterocycles. The van der Waals surface area contributed by atoms with Crippen molar-refractivity contribution in [2.75, 3.05) is 13.1 Å². The zero-order chi connectivity index (χ0) is 15.2. The summed E-state index contributed by atoms with van der Waals surface area (Å²) in [5, 5.41) is 12.8. The van der Waals surface area contributed by atoms with Crippen LogP contribution in [0.5, 0.6) is 0 Å². The van der Waals surface area contributed by atoms with Crippen LogP contribution >= 0.6 is 0 Å². The number of amides is 2. The van der Waals surface area contributed by atoms with Crippen LogP contribution in [-0.4, -0.2) is 41.0 Å². The van der Waals surface area contributed by atoms with Crippen molar-refractivity contribution in [3.8, 4) is 0 Å². The maximum atomic E-state index is 12.1. The number of hydrogen-bond acceptors (Lipinski definition) is 3. The number of aliphatic hydroxyl groups is 1. The fourth-order valence-electron chi connectivity index (χ4n) is 2.78. The molecule has 1 aromatic carbocycles. The SMILES string of the molecule is CC(=O)NCC(=O)N1CCC[C@@H]1C[C@@H](O)c1ccccc1. The molecule has 21 heavy (non-hydrogen) atoms. The molecule has 5 nitrogen and oxygen atoms in total. The molecule has 1 heterocycles. The summed E-state index contributed by atoms with van der Waals surface area (Å²) in [6.45, 7) is 2.13. The van der Waals surface area contributed by atoms with E-state index in [9.17, 15) is 14.7 Å². The molecule has 0 aliphatic carbocycles. The lowest BCUT2D eigenvalue weighted by molar-refractivity contribution is -0.133. The van der Waals surface area contributed by atoms with Crippen LogP contribution in [0, 0.1) is 0 Å². The Morgan fingerprint density at radius 2 is 2.10 bits per heavy atom. The number of benzene rings is 1. The number of nitrogens with zero attached hydrogens (tertiary/aromatic N) is 1. The number of carbonyl (C=O) groups is 2. The van der Waals surface area contributed by atoms with Gasteiger partial charge in [0.05, 0.1) is 12.6 Å². The van der Waals surface area contributed by atoms with E-state index in [2.05, 4.69) is 5.32 Å². The molecule has 2 N–H and O–H groups in total. The minimum Gasteiger partial charge on any atom is -0.388 e. The van der Waals surface area contributed by atoms with Gasteiger partial charge in [-0.1, -0.05) is 30.3 Å². The lowest BCUT2D eigenvalue weighted by Gasteiger charge is -2.26. The Bertz CT molecular complexity index is 490. The van der Waals surface area contributed by atoms with Crippen LogP contribution in [0.2, 0.25) is 0 Å². The second-order valence-electron chi connectivity index (χ2n) is 5.46. The Morgan fingerprint density at radius 1 is 1.38 bits per heavy atom. The topological polar surface area (TPSA) is 69.6 Å². The Kier molecular flexibility index (Phi) is 5.33. The largest absolute Gasteiger partial charge is 0.388 e. The van der Waals surface area contributed by atoms with Gasteiger partial charge in [-0.3, -0.25) is 9.59 Å². The molecule has 0 bridgehead atoms. The first-order valence-electron chi connectivity index (χ1n) is 7.35. The highest BCUT2D eigenvalue weighted by Crippen LogP contribution is 2.27. The van der Waals surface area contributed by atoms with E-state index >= 15 is 0 Å². The Balaban J connectivity index is 1.92. The predicted molar refractivity (Wildman–Crippen MR) is 79.4 cm³/mol. The zero-order valence-electron chi connectivity index (χ0n) is 12.3. The van der Waals surface area contributed by atoms with Crippen molar-refractivity contribution >= 4 is 11.8 Å². The van der Waals surface area contributed by atoms with Gasteiger partial charge in [0.25, 0.3) is 0 Å². The van der Waals surface area contributed by atoms with Crippen molar-refractivity contribution in [2.45, 2.75) is 38.3 Å². The molecule has 2 amide bonds. The molecule has 1 saturated heterocycles. The summed E-state index contributed by atoms with van der Waals surface area (Å²) in [5.74, 6) is -0.281. The lowest BCUT2D eigenvalue weighted by atomic mass is 10.0. The first kappa shape index (κ1) is 15.5. The molecule has 5 heteroatoms. The number of nitrogens with one attached hydrogen (secondary N) is 1. The van der Waals surface area contributed by atoms with Crippen molar-refractivity contribution in [2.24, 2.45) is 0 Å². The number of carbonyl (C=O) groups excluding carboxylic acids is 2. The van der Waals surface area contributed by atoms with Crippen LogP contribution in [0.25, 0.3) is 0 Å². The smallest absolute Gasteiger partial charge is 0.242 e. The quantitative estimate of drug-likeness (QED) is 0.857. The average molecular weight is 290 g/mol. The van der Waals surface area contributed by atoms with E-state index in [1.54, 1.807) is 4.90 Å². The van der Waals surface area contributed by atoms with E-state index in [-0.39, 0.29) is 24.4 Å². The molecular weight excluding hydrogens is 268 g/mol. The predicted octanol–water partition coefficient (Wildman–Crippen LogP) is 1.24. The van der Waals surface area contributed by atoms with E-state index in [4.69, 9.17) is 0 Å². The maximum absolute atomic E-state index is 12.1. The van der Waals surface area contributed by atoms with E-state index in [1.807, 2.05) is 30.3 Å². The molecule has 0 saturated carbocycles. The van der Waals surface area contributed by atoms with Gasteiger partial charge in [-0.15, -0.1) is 0 Å². The van der Waals surface area contributed by atoms with E-state index in [0.29, 0.717) is 13.0 Å². The highest BCUT2D eigenvalue weighted by molar-refractivity contribution is 5.84.